The number of thiophene rings is 1. The third-order valence-electron chi connectivity index (χ3n) is 3.15. The Morgan fingerprint density at radius 3 is 2.91 bits per heavy atom. The minimum absolute atomic E-state index is 0.320. The zero-order valence-corrected chi connectivity index (χ0v) is 15.3. The molecule has 3 rings (SSSR count). The van der Waals surface area contributed by atoms with Crippen molar-refractivity contribution in [1.29, 1.82) is 0 Å². The lowest BCUT2D eigenvalue weighted by molar-refractivity contribution is 0.258. The topological polar surface area (TPSA) is 42.2 Å². The Balaban J connectivity index is 1.69. The van der Waals surface area contributed by atoms with E-state index in [1.807, 2.05) is 23.4 Å². The minimum atomic E-state index is -0.320. The highest BCUT2D eigenvalue weighted by Gasteiger charge is 2.14. The zero-order valence-electron chi connectivity index (χ0n) is 12.1. The molecule has 0 atom stereocenters. The predicted molar refractivity (Wildman–Crippen MR) is 91.9 cm³/mol. The molecule has 0 spiro atoms. The molecule has 2 aromatic heterocycles. The van der Waals surface area contributed by atoms with Crippen LogP contribution in [-0.4, -0.2) is 22.1 Å². The molecule has 0 unspecified atom stereocenters. The van der Waals surface area contributed by atoms with Crippen molar-refractivity contribution in [3.8, 4) is 10.7 Å². The number of nitrogens with zero attached hydrogens (tertiary/aromatic N) is 3. The molecule has 0 bridgehead atoms. The van der Waals surface area contributed by atoms with Gasteiger partial charge in [-0.05, 0) is 41.2 Å². The summed E-state index contributed by atoms with van der Waals surface area (Å²) < 4.78 is 20.1. The molecule has 0 saturated heterocycles. The molecular weight excluding hydrogens is 405 g/mol. The number of rotatable bonds is 5. The van der Waals surface area contributed by atoms with E-state index in [-0.39, 0.29) is 5.82 Å². The molecule has 120 valence electrons. The van der Waals surface area contributed by atoms with E-state index >= 15 is 0 Å². The van der Waals surface area contributed by atoms with Crippen LogP contribution in [0.1, 0.15) is 11.5 Å². The predicted octanol–water partition coefficient (Wildman–Crippen LogP) is 4.99. The number of hydrogen-bond acceptors (Lipinski definition) is 5. The van der Waals surface area contributed by atoms with Crippen LogP contribution in [0.15, 0.2) is 38.6 Å². The van der Waals surface area contributed by atoms with E-state index in [1.165, 1.54) is 17.4 Å². The van der Waals surface area contributed by atoms with E-state index in [0.29, 0.717) is 35.4 Å². The van der Waals surface area contributed by atoms with Crippen LogP contribution in [-0.2, 0) is 13.1 Å². The van der Waals surface area contributed by atoms with Gasteiger partial charge in [0.25, 0.3) is 0 Å². The largest absolute Gasteiger partial charge is 0.338 e. The van der Waals surface area contributed by atoms with Gasteiger partial charge in [0.1, 0.15) is 5.82 Å². The van der Waals surface area contributed by atoms with E-state index in [9.17, 15) is 4.39 Å². The highest BCUT2D eigenvalue weighted by Crippen LogP contribution is 2.28. The fourth-order valence-electron chi connectivity index (χ4n) is 2.09. The van der Waals surface area contributed by atoms with Gasteiger partial charge >= 0.3 is 0 Å². The molecule has 0 saturated carbocycles. The summed E-state index contributed by atoms with van der Waals surface area (Å²) in [6.45, 7) is 0.762. The van der Waals surface area contributed by atoms with Crippen molar-refractivity contribution in [1.82, 2.24) is 15.0 Å². The van der Waals surface area contributed by atoms with Gasteiger partial charge in [-0.25, -0.2) is 4.39 Å². The molecular formula is C15H12BrClFN3OS. The molecule has 0 aliphatic carbocycles. The molecule has 1 aromatic carbocycles. The highest BCUT2D eigenvalue weighted by atomic mass is 79.9. The van der Waals surface area contributed by atoms with Gasteiger partial charge in [-0.1, -0.05) is 22.8 Å². The lowest BCUT2D eigenvalue weighted by Crippen LogP contribution is -2.18. The zero-order chi connectivity index (χ0) is 16.4. The maximum absolute atomic E-state index is 13.8. The van der Waals surface area contributed by atoms with Crippen molar-refractivity contribution < 1.29 is 8.91 Å². The summed E-state index contributed by atoms with van der Waals surface area (Å²) in [7, 11) is 1.84. The molecule has 0 fully saturated rings. The molecule has 0 amide bonds. The molecule has 0 N–H and O–H groups in total. The van der Waals surface area contributed by atoms with Gasteiger partial charge in [-0.15, -0.1) is 11.3 Å². The molecule has 0 aliphatic heterocycles. The van der Waals surface area contributed by atoms with E-state index in [1.54, 1.807) is 12.1 Å². The van der Waals surface area contributed by atoms with Crippen molar-refractivity contribution in [2.75, 3.05) is 7.05 Å². The fraction of sp³-hybridized carbons (Fsp3) is 0.200. The first-order valence-corrected chi connectivity index (χ1v) is 8.76. The van der Waals surface area contributed by atoms with Gasteiger partial charge in [0.05, 0.1) is 11.4 Å². The normalized spacial score (nSPS) is 11.3. The fourth-order valence-corrected chi connectivity index (χ4v) is 3.66. The lowest BCUT2D eigenvalue weighted by Gasteiger charge is -2.15. The van der Waals surface area contributed by atoms with Gasteiger partial charge in [-0.3, -0.25) is 4.90 Å². The van der Waals surface area contributed by atoms with Gasteiger partial charge < -0.3 is 4.52 Å². The standard InChI is InChI=1S/C15H12BrClFN3OS/c1-21(6-10-11(17)3-2-4-12(10)18)7-14-19-15(20-22-14)13-5-9(16)8-23-13/h2-5,8H,6-7H2,1H3. The second-order valence-electron chi connectivity index (χ2n) is 5.01. The maximum Gasteiger partial charge on any atom is 0.241 e. The molecule has 23 heavy (non-hydrogen) atoms. The van der Waals surface area contributed by atoms with Crippen molar-refractivity contribution in [3.05, 3.63) is 56.4 Å². The average molecular weight is 417 g/mol. The molecule has 3 aromatic rings. The summed E-state index contributed by atoms with van der Waals surface area (Å²) in [5, 5.41) is 6.34. The van der Waals surface area contributed by atoms with Crippen molar-refractivity contribution >= 4 is 38.9 Å². The molecule has 4 nitrogen and oxygen atoms in total. The van der Waals surface area contributed by atoms with Crippen LogP contribution in [0.5, 0.6) is 0 Å². The van der Waals surface area contributed by atoms with Crippen LogP contribution in [0.2, 0.25) is 5.02 Å². The molecule has 0 radical (unpaired) electrons. The Morgan fingerprint density at radius 1 is 1.39 bits per heavy atom. The third-order valence-corrected chi connectivity index (χ3v) is 5.19. The Kier molecular flexibility index (Phi) is 5.11. The summed E-state index contributed by atoms with van der Waals surface area (Å²) in [4.78, 5) is 7.15. The van der Waals surface area contributed by atoms with Crippen LogP contribution < -0.4 is 0 Å². The van der Waals surface area contributed by atoms with Crippen molar-refractivity contribution in [2.45, 2.75) is 13.1 Å². The Morgan fingerprint density at radius 2 is 2.22 bits per heavy atom. The van der Waals surface area contributed by atoms with E-state index < -0.39 is 0 Å². The molecule has 8 heteroatoms. The van der Waals surface area contributed by atoms with Crippen LogP contribution in [0.25, 0.3) is 10.7 Å². The second-order valence-corrected chi connectivity index (χ2v) is 7.25. The summed E-state index contributed by atoms with van der Waals surface area (Å²) in [6, 6.07) is 6.59. The van der Waals surface area contributed by atoms with E-state index in [2.05, 4.69) is 26.1 Å². The summed E-state index contributed by atoms with van der Waals surface area (Å²) >= 11 is 11.0. The van der Waals surface area contributed by atoms with E-state index in [4.69, 9.17) is 16.1 Å². The van der Waals surface area contributed by atoms with Crippen molar-refractivity contribution in [2.24, 2.45) is 0 Å². The van der Waals surface area contributed by atoms with Gasteiger partial charge in [-0.2, -0.15) is 4.98 Å². The highest BCUT2D eigenvalue weighted by molar-refractivity contribution is 9.10. The number of aromatic nitrogens is 2. The number of benzene rings is 1. The Hall–Kier alpha value is -1.28. The smallest absolute Gasteiger partial charge is 0.241 e. The Labute approximate surface area is 150 Å². The van der Waals surface area contributed by atoms with Crippen molar-refractivity contribution in [3.63, 3.8) is 0 Å². The van der Waals surface area contributed by atoms with Gasteiger partial charge in [0.15, 0.2) is 0 Å². The molecule has 2 heterocycles. The van der Waals surface area contributed by atoms with Crippen LogP contribution >= 0.6 is 38.9 Å². The Bertz CT molecular complexity index is 802. The quantitative estimate of drug-likeness (QED) is 0.588. The monoisotopic (exact) mass is 415 g/mol. The van der Waals surface area contributed by atoms with Crippen LogP contribution in [0.3, 0.4) is 0 Å². The number of hydrogen-bond donors (Lipinski definition) is 0. The lowest BCUT2D eigenvalue weighted by atomic mass is 10.2. The summed E-state index contributed by atoms with van der Waals surface area (Å²) in [5.74, 6) is 0.700. The third kappa shape index (κ3) is 3.98. The first kappa shape index (κ1) is 16.6. The molecule has 0 aliphatic rings. The maximum atomic E-state index is 13.8. The first-order chi connectivity index (χ1) is 11.0. The first-order valence-electron chi connectivity index (χ1n) is 6.71. The van der Waals surface area contributed by atoms with Gasteiger partial charge in [0.2, 0.25) is 11.7 Å². The van der Waals surface area contributed by atoms with E-state index in [0.717, 1.165) is 9.35 Å². The van der Waals surface area contributed by atoms with Crippen LogP contribution in [0.4, 0.5) is 4.39 Å². The van der Waals surface area contributed by atoms with Crippen LogP contribution in [0, 0.1) is 5.82 Å². The average Bonchev–Trinajstić information content (AvgIpc) is 3.12. The van der Waals surface area contributed by atoms with Gasteiger partial charge in [0, 0.05) is 27.0 Å². The summed E-state index contributed by atoms with van der Waals surface area (Å²) in [6.07, 6.45) is 0. The minimum Gasteiger partial charge on any atom is -0.338 e. The summed E-state index contributed by atoms with van der Waals surface area (Å²) in [5.41, 5.74) is 0.457. The number of halogens is 3. The SMILES string of the molecule is CN(Cc1nc(-c2cc(Br)cs2)no1)Cc1c(F)cccc1Cl. The second kappa shape index (κ2) is 7.09.